The van der Waals surface area contributed by atoms with Crippen LogP contribution in [0.4, 0.5) is 25.1 Å². The predicted molar refractivity (Wildman–Crippen MR) is 95.4 cm³/mol. The molecule has 0 aliphatic carbocycles. The predicted octanol–water partition coefficient (Wildman–Crippen LogP) is 6.63. The highest BCUT2D eigenvalue weighted by Crippen LogP contribution is 2.99. The third-order valence-corrected chi connectivity index (χ3v) is 5.59. The Labute approximate surface area is 152 Å². The van der Waals surface area contributed by atoms with Gasteiger partial charge in [-0.05, 0) is 25.1 Å². The van der Waals surface area contributed by atoms with Gasteiger partial charge in [-0.3, -0.25) is 4.72 Å². The second-order valence-corrected chi connectivity index (χ2v) is 9.84. The smallest absolute Gasteiger partial charge is 0.279 e. The van der Waals surface area contributed by atoms with Crippen molar-refractivity contribution < 1.29 is 27.8 Å². The van der Waals surface area contributed by atoms with Crippen LogP contribution in [-0.4, -0.2) is 8.42 Å². The number of benzene rings is 2. The zero-order valence-electron chi connectivity index (χ0n) is 13.1. The maximum absolute atomic E-state index is 12.6. The third kappa shape index (κ3) is 5.89. The Morgan fingerprint density at radius 3 is 2.08 bits per heavy atom. The summed E-state index contributed by atoms with van der Waals surface area (Å²) >= 11 is 5.43. The summed E-state index contributed by atoms with van der Waals surface area (Å²) in [5, 5.41) is -2.59. The van der Waals surface area contributed by atoms with Gasteiger partial charge in [0.1, 0.15) is 0 Å². The average molecular weight is 434 g/mol. The van der Waals surface area contributed by atoms with Gasteiger partial charge in [-0.2, -0.15) is 0 Å². The lowest BCUT2D eigenvalue weighted by molar-refractivity contribution is 0.385. The van der Waals surface area contributed by atoms with Crippen molar-refractivity contribution in [1.82, 2.24) is 0 Å². The summed E-state index contributed by atoms with van der Waals surface area (Å²) in [6, 6.07) is 10.3. The van der Waals surface area contributed by atoms with Crippen molar-refractivity contribution in [1.29, 1.82) is 0 Å². The van der Waals surface area contributed by atoms with E-state index in [2.05, 4.69) is 4.72 Å². The molecule has 2 rings (SSSR count). The van der Waals surface area contributed by atoms with E-state index in [1.807, 2.05) is 0 Å². The van der Waals surface area contributed by atoms with Gasteiger partial charge < -0.3 is 0 Å². The van der Waals surface area contributed by atoms with Crippen molar-refractivity contribution in [3.05, 3.63) is 65.1 Å². The van der Waals surface area contributed by atoms with Crippen LogP contribution in [0.3, 0.4) is 0 Å². The summed E-state index contributed by atoms with van der Waals surface area (Å²) in [6.45, 7) is 1.74. The molecular formula is C15H13ClF5NO2S2. The zero-order chi connectivity index (χ0) is 19.9. The monoisotopic (exact) mass is 433 g/mol. The van der Waals surface area contributed by atoms with E-state index in [4.69, 9.17) is 11.6 Å². The number of rotatable bonds is 5. The van der Waals surface area contributed by atoms with Crippen molar-refractivity contribution in [3.8, 4) is 0 Å². The first-order chi connectivity index (χ1) is 11.6. The summed E-state index contributed by atoms with van der Waals surface area (Å²) in [5.41, 5.74) is -0.0968. The molecule has 3 nitrogen and oxygen atoms in total. The van der Waals surface area contributed by atoms with Gasteiger partial charge in [-0.25, -0.2) is 8.42 Å². The van der Waals surface area contributed by atoms with Gasteiger partial charge in [0.05, 0.1) is 21.0 Å². The molecule has 0 radical (unpaired) electrons. The number of hydrogen-bond acceptors (Lipinski definition) is 2. The Morgan fingerprint density at radius 1 is 1.00 bits per heavy atom. The number of aryl methyl sites for hydroxylation is 1. The van der Waals surface area contributed by atoms with Gasteiger partial charge in [0, 0.05) is 5.56 Å². The molecule has 1 N–H and O–H groups in total. The van der Waals surface area contributed by atoms with Gasteiger partial charge in [-0.15, -0.1) is 0 Å². The maximum Gasteiger partial charge on any atom is 0.305 e. The lowest BCUT2D eigenvalue weighted by Gasteiger charge is -2.37. The standard InChI is InChI=1S/C15H13ClF5NO2S2/c1-11-6-8-12(9-7-11)25(23,24)22-15-5-3-2-4-13(15)14(16)10-26(17,18,19,20)21/h2-10,22H,1H3/b14-10+. The molecule has 0 fully saturated rings. The fourth-order valence-corrected chi connectivity index (χ4v) is 4.23. The first-order valence-corrected chi connectivity index (χ1v) is 10.8. The average Bonchev–Trinajstić information content (AvgIpc) is 2.44. The number of halogens is 6. The first-order valence-electron chi connectivity index (χ1n) is 6.88. The number of hydrogen-bond donors (Lipinski definition) is 1. The van der Waals surface area contributed by atoms with Gasteiger partial charge in [0.15, 0.2) is 0 Å². The molecule has 11 heteroatoms. The van der Waals surface area contributed by atoms with Crippen LogP contribution in [0.25, 0.3) is 5.03 Å². The first kappa shape index (κ1) is 20.5. The molecule has 0 atom stereocenters. The van der Waals surface area contributed by atoms with Crippen LogP contribution in [-0.2, 0) is 10.0 Å². The molecule has 0 aromatic heterocycles. The van der Waals surface area contributed by atoms with Crippen molar-refractivity contribution in [2.24, 2.45) is 0 Å². The molecular weight excluding hydrogens is 421 g/mol. The fourth-order valence-electron chi connectivity index (χ4n) is 1.96. The topological polar surface area (TPSA) is 46.2 Å². The third-order valence-electron chi connectivity index (χ3n) is 3.09. The molecule has 0 saturated heterocycles. The van der Waals surface area contributed by atoms with Crippen LogP contribution < -0.4 is 4.72 Å². The Morgan fingerprint density at radius 2 is 1.54 bits per heavy atom. The summed E-state index contributed by atoms with van der Waals surface area (Å²) in [6.07, 6.45) is 0. The van der Waals surface area contributed by atoms with E-state index < -0.39 is 36.3 Å². The Kier molecular flexibility index (Phi) is 4.63. The van der Waals surface area contributed by atoms with Crippen molar-refractivity contribution in [2.45, 2.75) is 11.8 Å². The SMILES string of the molecule is Cc1ccc(S(=O)(=O)Nc2ccccc2/C(Cl)=C\S(F)(F)(F)(F)F)cc1. The Balaban J connectivity index is 2.48. The fraction of sp³-hybridized carbons (Fsp3) is 0.0667. The minimum Gasteiger partial charge on any atom is -0.279 e. The van der Waals surface area contributed by atoms with E-state index in [9.17, 15) is 27.8 Å². The molecule has 0 amide bonds. The van der Waals surface area contributed by atoms with Gasteiger partial charge in [0.2, 0.25) is 0 Å². The molecule has 0 spiro atoms. The molecule has 0 saturated carbocycles. The molecule has 0 aliphatic rings. The maximum atomic E-state index is 12.6. The molecule has 0 unspecified atom stereocenters. The molecule has 144 valence electrons. The van der Waals surface area contributed by atoms with E-state index in [1.54, 1.807) is 6.92 Å². The highest BCUT2D eigenvalue weighted by Gasteiger charge is 2.61. The summed E-state index contributed by atoms with van der Waals surface area (Å²) in [7, 11) is -14.1. The highest BCUT2D eigenvalue weighted by molar-refractivity contribution is 8.48. The number of nitrogens with one attached hydrogen (secondary N) is 1. The highest BCUT2D eigenvalue weighted by atomic mass is 35.5. The van der Waals surface area contributed by atoms with Crippen LogP contribution >= 0.6 is 21.8 Å². The lowest BCUT2D eigenvalue weighted by atomic mass is 10.2. The molecule has 26 heavy (non-hydrogen) atoms. The molecule has 2 aromatic carbocycles. The van der Waals surface area contributed by atoms with Crippen molar-refractivity contribution in [3.63, 3.8) is 0 Å². The van der Waals surface area contributed by atoms with E-state index in [0.717, 1.165) is 17.7 Å². The van der Waals surface area contributed by atoms with E-state index in [0.29, 0.717) is 0 Å². The van der Waals surface area contributed by atoms with Gasteiger partial charge >= 0.3 is 10.2 Å². The molecule has 2 aromatic rings. The zero-order valence-corrected chi connectivity index (χ0v) is 15.5. The van der Waals surface area contributed by atoms with E-state index in [-0.39, 0.29) is 10.6 Å². The minimum absolute atomic E-state index is 0.147. The van der Waals surface area contributed by atoms with E-state index in [1.165, 1.54) is 36.4 Å². The van der Waals surface area contributed by atoms with Crippen LogP contribution in [0.1, 0.15) is 11.1 Å². The summed E-state index contributed by atoms with van der Waals surface area (Å²) in [5.74, 6) is 0. The van der Waals surface area contributed by atoms with Crippen LogP contribution in [0.2, 0.25) is 0 Å². The van der Waals surface area contributed by atoms with Crippen LogP contribution in [0, 0.1) is 6.92 Å². The second kappa shape index (κ2) is 5.86. The Hall–Kier alpha value is -1.78. The summed E-state index contributed by atoms with van der Waals surface area (Å²) in [4.78, 5) is -0.147. The number of sulfonamides is 1. The molecule has 0 aliphatic heterocycles. The lowest BCUT2D eigenvalue weighted by Crippen LogP contribution is -2.14. The normalized spacial score (nSPS) is 15.9. The van der Waals surface area contributed by atoms with Crippen LogP contribution in [0.15, 0.2) is 58.8 Å². The number of para-hydroxylation sites is 1. The van der Waals surface area contributed by atoms with Crippen molar-refractivity contribution >= 4 is 42.6 Å². The number of anilines is 1. The largest absolute Gasteiger partial charge is 0.305 e. The second-order valence-electron chi connectivity index (χ2n) is 5.46. The van der Waals surface area contributed by atoms with Crippen LogP contribution in [0.5, 0.6) is 0 Å². The molecule has 0 heterocycles. The van der Waals surface area contributed by atoms with E-state index >= 15 is 0 Å². The quantitative estimate of drug-likeness (QED) is 0.538. The Bertz CT molecular complexity index is 972. The minimum atomic E-state index is -9.93. The van der Waals surface area contributed by atoms with Gasteiger partial charge in [0.25, 0.3) is 10.0 Å². The summed E-state index contributed by atoms with van der Waals surface area (Å²) < 4.78 is 89.9. The van der Waals surface area contributed by atoms with Crippen molar-refractivity contribution in [2.75, 3.05) is 4.72 Å². The van der Waals surface area contributed by atoms with Gasteiger partial charge in [-0.1, -0.05) is 66.9 Å². The molecule has 0 bridgehead atoms.